The average Bonchev–Trinajstić information content (AvgIpc) is 2.99. The van der Waals surface area contributed by atoms with E-state index in [1.54, 1.807) is 9.80 Å². The van der Waals surface area contributed by atoms with Crippen LogP contribution in [-0.4, -0.2) is 79.8 Å². The number of benzene rings is 1. The number of Topliss-reactive ketones (excluding diaryl/α,β-unsaturated/α-hetero) is 1. The minimum Gasteiger partial charge on any atom is -0.507 e. The zero-order valence-corrected chi connectivity index (χ0v) is 36.7. The van der Waals surface area contributed by atoms with Crippen molar-refractivity contribution in [1.29, 1.82) is 0 Å². The largest absolute Gasteiger partial charge is 0.507 e. The normalized spacial score (nSPS) is 20.1. The van der Waals surface area contributed by atoms with Gasteiger partial charge in [0.1, 0.15) is 23.7 Å². The summed E-state index contributed by atoms with van der Waals surface area (Å²) >= 11 is 0. The topological polar surface area (TPSA) is 131 Å². The molecule has 0 aromatic heterocycles. The molecule has 2 heterocycles. The number of carbonyl (C=O) groups is 5. The van der Waals surface area contributed by atoms with Crippen LogP contribution in [0.3, 0.4) is 0 Å². The van der Waals surface area contributed by atoms with E-state index in [0.717, 1.165) is 19.2 Å². The maximum atomic E-state index is 15.2. The second-order valence-electron chi connectivity index (χ2n) is 21.0. The number of amides is 2. The van der Waals surface area contributed by atoms with Gasteiger partial charge < -0.3 is 24.4 Å². The second kappa shape index (κ2) is 16.2. The van der Waals surface area contributed by atoms with Crippen LogP contribution >= 0.6 is 0 Å². The molecule has 0 radical (unpaired) electrons. The summed E-state index contributed by atoms with van der Waals surface area (Å²) < 4.78 is 12.9. The van der Waals surface area contributed by atoms with Gasteiger partial charge in [0.2, 0.25) is 12.8 Å². The quantitative estimate of drug-likeness (QED) is 0.113. The van der Waals surface area contributed by atoms with Gasteiger partial charge in [0, 0.05) is 60.7 Å². The van der Waals surface area contributed by atoms with Gasteiger partial charge in [-0.2, -0.15) is 0 Å². The van der Waals surface area contributed by atoms with Crippen molar-refractivity contribution < 1.29 is 38.6 Å². The molecule has 0 bridgehead atoms. The van der Waals surface area contributed by atoms with E-state index in [2.05, 4.69) is 0 Å². The number of aromatic hydroxyl groups is 1. The first-order valence-corrected chi connectivity index (χ1v) is 20.3. The van der Waals surface area contributed by atoms with Crippen LogP contribution in [0.15, 0.2) is 12.1 Å². The number of hydrogen-bond donors (Lipinski definition) is 1. The first-order valence-electron chi connectivity index (χ1n) is 20.3. The van der Waals surface area contributed by atoms with Crippen molar-refractivity contribution in [2.45, 2.75) is 213 Å². The molecule has 3 rings (SSSR count). The third kappa shape index (κ3) is 10.3. The molecule has 2 fully saturated rings. The number of unbranched alkanes of at least 4 members (excludes halogenated alkanes) is 1. The van der Waals surface area contributed by atoms with Crippen LogP contribution in [0.25, 0.3) is 0 Å². The molecule has 0 unspecified atom stereocenters. The van der Waals surface area contributed by atoms with Crippen LogP contribution in [0.2, 0.25) is 0 Å². The summed E-state index contributed by atoms with van der Waals surface area (Å²) in [6.07, 6.45) is 3.45. The Morgan fingerprint density at radius 2 is 1.07 bits per heavy atom. The maximum Gasteiger partial charge on any atom is 0.324 e. The van der Waals surface area contributed by atoms with E-state index < -0.39 is 62.5 Å². The van der Waals surface area contributed by atoms with Crippen molar-refractivity contribution in [3.05, 3.63) is 28.8 Å². The first kappa shape index (κ1) is 46.0. The minimum absolute atomic E-state index is 0.0261. The van der Waals surface area contributed by atoms with Gasteiger partial charge in [0.05, 0.1) is 0 Å². The van der Waals surface area contributed by atoms with Crippen molar-refractivity contribution in [3.8, 4) is 5.75 Å². The lowest BCUT2D eigenvalue weighted by molar-refractivity contribution is -0.188. The Kier molecular flexibility index (Phi) is 13.5. The van der Waals surface area contributed by atoms with Crippen molar-refractivity contribution in [2.75, 3.05) is 0 Å². The molecule has 310 valence electrons. The zero-order chi connectivity index (χ0) is 42.2. The van der Waals surface area contributed by atoms with E-state index in [0.29, 0.717) is 55.2 Å². The van der Waals surface area contributed by atoms with Crippen molar-refractivity contribution in [1.82, 2.24) is 9.80 Å². The fourth-order valence-electron chi connectivity index (χ4n) is 9.33. The van der Waals surface area contributed by atoms with E-state index in [4.69, 9.17) is 9.47 Å². The van der Waals surface area contributed by atoms with Crippen molar-refractivity contribution in [2.24, 2.45) is 5.41 Å². The number of phenols is 1. The third-order valence-electron chi connectivity index (χ3n) is 12.0. The van der Waals surface area contributed by atoms with E-state index >= 15 is 9.59 Å². The average molecular weight is 769 g/mol. The number of hydrogen-bond acceptors (Lipinski definition) is 8. The van der Waals surface area contributed by atoms with Crippen molar-refractivity contribution >= 4 is 30.5 Å². The van der Waals surface area contributed by atoms with Crippen molar-refractivity contribution in [3.63, 3.8) is 0 Å². The Hall–Kier alpha value is -3.43. The highest BCUT2D eigenvalue weighted by molar-refractivity contribution is 6.01. The SMILES string of the molecule is CCCCC(=O)CCC(Cc1cc(C(C)(C)C)c(O)c(C(C)(C)C)c1)(C(=O)OC1CC(C)(C)N(C=O)C(C)(C)C1)C(=O)OC1CC(C)(C)N(C=O)C(C)(C)C1. The van der Waals surface area contributed by atoms with Crippen LogP contribution in [0.5, 0.6) is 5.75 Å². The van der Waals surface area contributed by atoms with Crippen LogP contribution < -0.4 is 0 Å². The van der Waals surface area contributed by atoms with Crippen LogP contribution in [0, 0.1) is 5.41 Å². The number of phenolic OH excluding ortho intramolecular Hbond substituents is 1. The molecule has 0 aliphatic carbocycles. The molecule has 10 nitrogen and oxygen atoms in total. The van der Waals surface area contributed by atoms with Gasteiger partial charge in [-0.25, -0.2) is 0 Å². The van der Waals surface area contributed by atoms with Gasteiger partial charge in [0.25, 0.3) is 0 Å². The molecule has 0 saturated carbocycles. The summed E-state index contributed by atoms with van der Waals surface area (Å²) in [5.41, 5.74) is -3.44. The summed E-state index contributed by atoms with van der Waals surface area (Å²) in [7, 11) is 0. The van der Waals surface area contributed by atoms with E-state index in [1.807, 2.05) is 116 Å². The van der Waals surface area contributed by atoms with Gasteiger partial charge in [0.15, 0.2) is 5.41 Å². The van der Waals surface area contributed by atoms with Crippen LogP contribution in [0.1, 0.15) is 178 Å². The maximum absolute atomic E-state index is 15.2. The number of nitrogens with zero attached hydrogens (tertiary/aromatic N) is 2. The molecular weight excluding hydrogens is 697 g/mol. The first-order chi connectivity index (χ1) is 25.0. The molecule has 0 atom stereocenters. The summed E-state index contributed by atoms with van der Waals surface area (Å²) in [5.74, 6) is -1.40. The number of carbonyl (C=O) groups excluding carboxylic acids is 5. The standard InChI is InChI=1S/C45H72N2O8/c1-16-17-18-31(50)19-20-45(37(52)54-32-24-41(8,9)46(28-48)42(10,11)25-32,38(53)55-33-26-43(12,13)47(29-49)44(14,15)27-33)23-30-21-34(39(2,3)4)36(51)35(22-30)40(5,6)7/h21-22,28-29,32-33,51H,16-20,23-27H2,1-15H3. The molecule has 0 spiro atoms. The molecule has 55 heavy (non-hydrogen) atoms. The second-order valence-corrected chi connectivity index (χ2v) is 21.0. The van der Waals surface area contributed by atoms with Gasteiger partial charge in [-0.15, -0.1) is 0 Å². The Balaban J connectivity index is 2.27. The number of likely N-dealkylation sites (tertiary alicyclic amines) is 2. The van der Waals surface area contributed by atoms with E-state index in [9.17, 15) is 19.5 Å². The molecule has 2 saturated heterocycles. The Labute approximate surface area is 331 Å². The highest BCUT2D eigenvalue weighted by atomic mass is 16.6. The monoisotopic (exact) mass is 769 g/mol. The minimum atomic E-state index is -1.92. The summed E-state index contributed by atoms with van der Waals surface area (Å²) in [5, 5.41) is 11.6. The lowest BCUT2D eigenvalue weighted by Gasteiger charge is -2.53. The molecular formula is C45H72N2O8. The number of ether oxygens (including phenoxy) is 2. The van der Waals surface area contributed by atoms with Gasteiger partial charge in [-0.1, -0.05) is 67.0 Å². The van der Waals surface area contributed by atoms with E-state index in [1.165, 1.54) is 0 Å². The summed E-state index contributed by atoms with van der Waals surface area (Å²) in [6, 6.07) is 3.73. The molecule has 1 N–H and O–H groups in total. The predicted octanol–water partition coefficient (Wildman–Crippen LogP) is 8.50. The molecule has 1 aromatic rings. The fourth-order valence-corrected chi connectivity index (χ4v) is 9.33. The highest BCUT2D eigenvalue weighted by Gasteiger charge is 2.54. The molecule has 10 heteroatoms. The molecule has 2 aliphatic heterocycles. The smallest absolute Gasteiger partial charge is 0.324 e. The van der Waals surface area contributed by atoms with Gasteiger partial charge in [-0.05, 0) is 102 Å². The number of ketones is 1. The lowest BCUT2D eigenvalue weighted by atomic mass is 9.73. The third-order valence-corrected chi connectivity index (χ3v) is 12.0. The molecule has 2 amide bonds. The molecule has 2 aliphatic rings. The zero-order valence-electron chi connectivity index (χ0n) is 36.7. The predicted molar refractivity (Wildman–Crippen MR) is 216 cm³/mol. The summed E-state index contributed by atoms with van der Waals surface area (Å²) in [6.45, 7) is 29.5. The Morgan fingerprint density at radius 3 is 1.38 bits per heavy atom. The Bertz CT molecular complexity index is 1460. The molecule has 1 aromatic carbocycles. The van der Waals surface area contributed by atoms with Crippen LogP contribution in [-0.2, 0) is 50.7 Å². The highest BCUT2D eigenvalue weighted by Crippen LogP contribution is 2.45. The number of esters is 2. The van der Waals surface area contributed by atoms with Gasteiger partial charge >= 0.3 is 11.9 Å². The number of rotatable bonds is 14. The lowest BCUT2D eigenvalue weighted by Crippen LogP contribution is -2.62. The summed E-state index contributed by atoms with van der Waals surface area (Å²) in [4.78, 5) is 71.7. The van der Waals surface area contributed by atoms with E-state index in [-0.39, 0.29) is 30.8 Å². The van der Waals surface area contributed by atoms with Gasteiger partial charge in [-0.3, -0.25) is 24.0 Å². The fraction of sp³-hybridized carbons (Fsp3) is 0.756. The van der Waals surface area contributed by atoms with Crippen LogP contribution in [0.4, 0.5) is 0 Å². The Morgan fingerprint density at radius 1 is 0.709 bits per heavy atom. The number of piperidine rings is 2.